The molecule has 146 valence electrons. The smallest absolute Gasteiger partial charge is 0.335 e. The fraction of sp³-hybridized carbons (Fsp3) is 0.136. The van der Waals surface area contributed by atoms with Gasteiger partial charge in [0.1, 0.15) is 12.4 Å². The van der Waals surface area contributed by atoms with E-state index in [1.807, 2.05) is 60.7 Å². The summed E-state index contributed by atoms with van der Waals surface area (Å²) in [6.45, 7) is 1.85. The van der Waals surface area contributed by atoms with E-state index >= 15 is 0 Å². The van der Waals surface area contributed by atoms with Crippen LogP contribution in [0.3, 0.4) is 0 Å². The summed E-state index contributed by atoms with van der Waals surface area (Å²) >= 11 is 5.89. The number of nitrogens with one attached hydrogen (secondary N) is 1. The van der Waals surface area contributed by atoms with E-state index in [0.717, 1.165) is 22.4 Å². The summed E-state index contributed by atoms with van der Waals surface area (Å²) in [5.41, 5.74) is 3.51. The first kappa shape index (κ1) is 21.8. The van der Waals surface area contributed by atoms with Crippen LogP contribution in [0.4, 0.5) is 0 Å². The van der Waals surface area contributed by atoms with Crippen LogP contribution in [-0.4, -0.2) is 11.1 Å². The molecule has 3 aromatic rings. The second-order valence-electron chi connectivity index (χ2n) is 6.17. The molecule has 28 heavy (non-hydrogen) atoms. The van der Waals surface area contributed by atoms with Gasteiger partial charge < -0.3 is 15.2 Å². The standard InChI is InChI=1S/C22H20ClNO3.ClH/c23-20-10-6-17(7-11-20)15-27-21-3-1-2-18(12-21)14-24-13-16-4-8-19(9-5-16)22(25)26;/h1-12,24H,13-15H2,(H,25,26);1H. The van der Waals surface area contributed by atoms with Crippen LogP contribution in [0.1, 0.15) is 27.0 Å². The maximum absolute atomic E-state index is 10.9. The molecule has 0 heterocycles. The van der Waals surface area contributed by atoms with Gasteiger partial charge in [0.15, 0.2) is 0 Å². The number of aromatic carboxylic acids is 1. The number of carboxylic acid groups (broad SMARTS) is 1. The lowest BCUT2D eigenvalue weighted by Gasteiger charge is -2.09. The fourth-order valence-electron chi connectivity index (χ4n) is 2.61. The van der Waals surface area contributed by atoms with Crippen LogP contribution in [0, 0.1) is 0 Å². The van der Waals surface area contributed by atoms with Gasteiger partial charge in [0, 0.05) is 18.1 Å². The van der Waals surface area contributed by atoms with E-state index in [2.05, 4.69) is 5.32 Å². The van der Waals surface area contributed by atoms with Crippen molar-refractivity contribution in [2.45, 2.75) is 19.7 Å². The Morgan fingerprint density at radius 1 is 0.893 bits per heavy atom. The van der Waals surface area contributed by atoms with Crippen molar-refractivity contribution in [1.29, 1.82) is 0 Å². The number of carbonyl (C=O) groups is 1. The maximum atomic E-state index is 10.9. The first-order valence-electron chi connectivity index (χ1n) is 8.59. The molecule has 0 unspecified atom stereocenters. The molecule has 0 saturated carbocycles. The Hall–Kier alpha value is -2.53. The van der Waals surface area contributed by atoms with Gasteiger partial charge in [0.05, 0.1) is 5.56 Å². The van der Waals surface area contributed by atoms with Crippen molar-refractivity contribution in [3.8, 4) is 5.75 Å². The zero-order chi connectivity index (χ0) is 19.1. The minimum absolute atomic E-state index is 0. The normalized spacial score (nSPS) is 10.2. The number of hydrogen-bond donors (Lipinski definition) is 2. The summed E-state index contributed by atoms with van der Waals surface area (Å²) in [4.78, 5) is 10.9. The minimum atomic E-state index is -0.912. The molecule has 2 N–H and O–H groups in total. The summed E-state index contributed by atoms with van der Waals surface area (Å²) in [5, 5.41) is 13.0. The average Bonchev–Trinajstić information content (AvgIpc) is 2.68. The molecular formula is C22H21Cl2NO3. The second-order valence-corrected chi connectivity index (χ2v) is 6.60. The lowest BCUT2D eigenvalue weighted by Crippen LogP contribution is -2.12. The van der Waals surface area contributed by atoms with Gasteiger partial charge in [0.2, 0.25) is 0 Å². The van der Waals surface area contributed by atoms with Crippen LogP contribution in [0.5, 0.6) is 5.75 Å². The summed E-state index contributed by atoms with van der Waals surface area (Å²) in [6, 6.07) is 22.4. The predicted octanol–water partition coefficient (Wildman–Crippen LogP) is 5.33. The van der Waals surface area contributed by atoms with Gasteiger partial charge in [0.25, 0.3) is 0 Å². The van der Waals surface area contributed by atoms with Gasteiger partial charge in [-0.1, -0.05) is 48.0 Å². The van der Waals surface area contributed by atoms with Crippen molar-refractivity contribution in [3.63, 3.8) is 0 Å². The van der Waals surface area contributed by atoms with Crippen molar-refractivity contribution in [3.05, 3.63) is 100 Å². The molecule has 0 amide bonds. The zero-order valence-corrected chi connectivity index (χ0v) is 16.7. The number of halogens is 2. The van der Waals surface area contributed by atoms with E-state index in [1.165, 1.54) is 0 Å². The number of carboxylic acids is 1. The van der Waals surface area contributed by atoms with Crippen LogP contribution in [0.15, 0.2) is 72.8 Å². The summed E-state index contributed by atoms with van der Waals surface area (Å²) in [7, 11) is 0. The maximum Gasteiger partial charge on any atom is 0.335 e. The molecule has 0 bridgehead atoms. The van der Waals surface area contributed by atoms with E-state index in [1.54, 1.807) is 12.1 Å². The Morgan fingerprint density at radius 2 is 1.54 bits per heavy atom. The first-order valence-corrected chi connectivity index (χ1v) is 8.97. The van der Waals surface area contributed by atoms with Crippen molar-refractivity contribution in [2.24, 2.45) is 0 Å². The van der Waals surface area contributed by atoms with Crippen LogP contribution in [0.25, 0.3) is 0 Å². The van der Waals surface area contributed by atoms with Crippen molar-refractivity contribution in [2.75, 3.05) is 0 Å². The van der Waals surface area contributed by atoms with Gasteiger partial charge in [-0.25, -0.2) is 4.79 Å². The highest BCUT2D eigenvalue weighted by molar-refractivity contribution is 6.30. The molecule has 0 aliphatic heterocycles. The third-order valence-electron chi connectivity index (χ3n) is 4.08. The van der Waals surface area contributed by atoms with E-state index in [0.29, 0.717) is 30.3 Å². The molecule has 0 spiro atoms. The van der Waals surface area contributed by atoms with E-state index < -0.39 is 5.97 Å². The van der Waals surface area contributed by atoms with Crippen molar-refractivity contribution >= 4 is 30.0 Å². The van der Waals surface area contributed by atoms with Crippen molar-refractivity contribution in [1.82, 2.24) is 5.32 Å². The molecule has 3 aromatic carbocycles. The number of benzene rings is 3. The van der Waals surface area contributed by atoms with Crippen LogP contribution in [0.2, 0.25) is 5.02 Å². The molecular weight excluding hydrogens is 397 g/mol. The summed E-state index contributed by atoms with van der Waals surface area (Å²) in [5.74, 6) is -0.0972. The highest BCUT2D eigenvalue weighted by atomic mass is 35.5. The van der Waals surface area contributed by atoms with Crippen molar-refractivity contribution < 1.29 is 14.6 Å². The summed E-state index contributed by atoms with van der Waals surface area (Å²) < 4.78 is 5.85. The first-order chi connectivity index (χ1) is 13.1. The molecule has 0 saturated heterocycles. The minimum Gasteiger partial charge on any atom is -0.489 e. The number of ether oxygens (including phenoxy) is 1. The average molecular weight is 418 g/mol. The Bertz CT molecular complexity index is 896. The largest absolute Gasteiger partial charge is 0.489 e. The Morgan fingerprint density at radius 3 is 2.21 bits per heavy atom. The number of rotatable bonds is 8. The molecule has 0 aromatic heterocycles. The molecule has 3 rings (SSSR count). The molecule has 6 heteroatoms. The second kappa shape index (κ2) is 10.7. The van der Waals surface area contributed by atoms with Crippen LogP contribution < -0.4 is 10.1 Å². The molecule has 0 atom stereocenters. The van der Waals surface area contributed by atoms with Gasteiger partial charge >= 0.3 is 5.97 Å². The highest BCUT2D eigenvalue weighted by Crippen LogP contribution is 2.16. The topological polar surface area (TPSA) is 58.6 Å². The van der Waals surface area contributed by atoms with Crippen LogP contribution >= 0.6 is 24.0 Å². The lowest BCUT2D eigenvalue weighted by atomic mass is 10.1. The van der Waals surface area contributed by atoms with Crippen LogP contribution in [-0.2, 0) is 19.7 Å². The van der Waals surface area contributed by atoms with E-state index in [9.17, 15) is 4.79 Å². The fourth-order valence-corrected chi connectivity index (χ4v) is 2.73. The SMILES string of the molecule is Cl.O=C(O)c1ccc(CNCc2cccc(OCc3ccc(Cl)cc3)c2)cc1. The molecule has 4 nitrogen and oxygen atoms in total. The Labute approximate surface area is 175 Å². The van der Waals surface area contributed by atoms with Gasteiger partial charge in [-0.05, 0) is 53.1 Å². The van der Waals surface area contributed by atoms with E-state index in [-0.39, 0.29) is 12.4 Å². The Kier molecular flexibility index (Phi) is 8.33. The lowest BCUT2D eigenvalue weighted by molar-refractivity contribution is 0.0697. The third kappa shape index (κ3) is 6.57. The molecule has 0 aliphatic carbocycles. The van der Waals surface area contributed by atoms with Gasteiger partial charge in [-0.2, -0.15) is 0 Å². The molecule has 0 aliphatic rings. The quantitative estimate of drug-likeness (QED) is 0.519. The number of hydrogen-bond acceptors (Lipinski definition) is 3. The highest BCUT2D eigenvalue weighted by Gasteiger charge is 2.02. The van der Waals surface area contributed by atoms with Gasteiger partial charge in [-0.15, -0.1) is 12.4 Å². The predicted molar refractivity (Wildman–Crippen MR) is 113 cm³/mol. The summed E-state index contributed by atoms with van der Waals surface area (Å²) in [6.07, 6.45) is 0. The molecule has 0 fully saturated rings. The zero-order valence-electron chi connectivity index (χ0n) is 15.1. The Balaban J connectivity index is 0.00000280. The van der Waals surface area contributed by atoms with Gasteiger partial charge in [-0.3, -0.25) is 0 Å². The van der Waals surface area contributed by atoms with E-state index in [4.69, 9.17) is 21.4 Å². The molecule has 0 radical (unpaired) electrons. The third-order valence-corrected chi connectivity index (χ3v) is 4.33. The monoisotopic (exact) mass is 417 g/mol.